The van der Waals surface area contributed by atoms with E-state index < -0.39 is 23.6 Å². The van der Waals surface area contributed by atoms with E-state index >= 15 is 0 Å². The Morgan fingerprint density at radius 3 is 2.60 bits per heavy atom. The van der Waals surface area contributed by atoms with Gasteiger partial charge in [0.1, 0.15) is 11.7 Å². The number of aliphatic carboxylic acids is 1. The number of nitrogens with one attached hydrogen (secondary N) is 2. The normalized spacial score (nSPS) is 18.5. The number of nitrogens with two attached hydrogens (primary N) is 1. The largest absolute Gasteiger partial charge is 0.480 e. The SMILES string of the molecule is CSCCC(NC(=O)c1ccc(C2(N)C=CC=CN2)cc1-c1ccccc1)C(=O)O. The van der Waals surface area contributed by atoms with Gasteiger partial charge in [-0.25, -0.2) is 4.79 Å². The number of dihydropyridines is 1. The minimum Gasteiger partial charge on any atom is -0.480 e. The standard InChI is InChI=1S/C23H25N3O3S/c1-30-14-11-20(22(28)29)26-21(27)18-10-9-17(23(24)12-5-6-13-25-23)15-19(18)16-7-3-2-4-8-16/h2-10,12-13,15,20,25H,11,14,24H2,1H3,(H,26,27)(H,28,29). The molecule has 2 aromatic rings. The second-order valence-corrected chi connectivity index (χ2v) is 7.99. The number of allylic oxidation sites excluding steroid dienone is 2. The lowest BCUT2D eigenvalue weighted by molar-refractivity contribution is -0.139. The van der Waals surface area contributed by atoms with Crippen LogP contribution in [0.4, 0.5) is 0 Å². The van der Waals surface area contributed by atoms with Crippen molar-refractivity contribution < 1.29 is 14.7 Å². The average Bonchev–Trinajstić information content (AvgIpc) is 2.77. The minimum absolute atomic E-state index is 0.355. The van der Waals surface area contributed by atoms with Gasteiger partial charge in [-0.3, -0.25) is 4.79 Å². The van der Waals surface area contributed by atoms with E-state index in [0.717, 1.165) is 11.1 Å². The zero-order chi connectivity index (χ0) is 21.6. The smallest absolute Gasteiger partial charge is 0.326 e. The van der Waals surface area contributed by atoms with Crippen LogP contribution >= 0.6 is 11.8 Å². The molecular weight excluding hydrogens is 398 g/mol. The summed E-state index contributed by atoms with van der Waals surface area (Å²) in [6.45, 7) is 0. The monoisotopic (exact) mass is 423 g/mol. The maximum Gasteiger partial charge on any atom is 0.326 e. The first kappa shape index (κ1) is 21.7. The molecule has 0 aliphatic carbocycles. The Balaban J connectivity index is 1.99. The summed E-state index contributed by atoms with van der Waals surface area (Å²) in [5.41, 5.74) is 8.33. The zero-order valence-electron chi connectivity index (χ0n) is 16.7. The Labute approximate surface area is 180 Å². The van der Waals surface area contributed by atoms with Gasteiger partial charge in [-0.1, -0.05) is 42.5 Å². The fourth-order valence-corrected chi connectivity index (χ4v) is 3.73. The van der Waals surface area contributed by atoms with E-state index in [1.165, 1.54) is 0 Å². The molecule has 2 unspecified atom stereocenters. The third-order valence-electron chi connectivity index (χ3n) is 4.93. The van der Waals surface area contributed by atoms with Crippen molar-refractivity contribution in [3.8, 4) is 11.1 Å². The first-order chi connectivity index (χ1) is 14.4. The summed E-state index contributed by atoms with van der Waals surface area (Å²) in [5.74, 6) is -0.824. The van der Waals surface area contributed by atoms with Crippen LogP contribution in [0.1, 0.15) is 22.3 Å². The summed E-state index contributed by atoms with van der Waals surface area (Å²) in [4.78, 5) is 24.6. The van der Waals surface area contributed by atoms with Crippen LogP contribution < -0.4 is 16.4 Å². The topological polar surface area (TPSA) is 104 Å². The van der Waals surface area contributed by atoms with Gasteiger partial charge in [0.25, 0.3) is 5.91 Å². The lowest BCUT2D eigenvalue weighted by Crippen LogP contribution is -2.47. The zero-order valence-corrected chi connectivity index (χ0v) is 17.5. The van der Waals surface area contributed by atoms with Gasteiger partial charge in [0, 0.05) is 5.56 Å². The van der Waals surface area contributed by atoms with E-state index in [1.807, 2.05) is 60.9 Å². The molecule has 0 saturated carbocycles. The molecule has 7 heteroatoms. The molecule has 1 heterocycles. The molecule has 0 radical (unpaired) electrons. The maximum atomic E-state index is 13.0. The maximum absolute atomic E-state index is 13.0. The molecule has 0 saturated heterocycles. The summed E-state index contributed by atoms with van der Waals surface area (Å²) >= 11 is 1.54. The number of carboxylic acid groups (broad SMARTS) is 1. The Morgan fingerprint density at radius 1 is 1.20 bits per heavy atom. The molecule has 5 N–H and O–H groups in total. The number of amides is 1. The molecule has 0 spiro atoms. The van der Waals surface area contributed by atoms with Crippen LogP contribution in [0.3, 0.4) is 0 Å². The van der Waals surface area contributed by atoms with E-state index in [0.29, 0.717) is 23.3 Å². The number of thioether (sulfide) groups is 1. The van der Waals surface area contributed by atoms with Crippen LogP contribution in [0, 0.1) is 0 Å². The molecular formula is C23H25N3O3S. The van der Waals surface area contributed by atoms with Crippen LogP contribution in [0.5, 0.6) is 0 Å². The summed E-state index contributed by atoms with van der Waals surface area (Å²) in [5, 5.41) is 15.3. The van der Waals surface area contributed by atoms with Crippen LogP contribution in [0.25, 0.3) is 11.1 Å². The average molecular weight is 424 g/mol. The fourth-order valence-electron chi connectivity index (χ4n) is 3.26. The molecule has 0 fully saturated rings. The summed E-state index contributed by atoms with van der Waals surface area (Å²) < 4.78 is 0. The molecule has 2 atom stereocenters. The van der Waals surface area contributed by atoms with Gasteiger partial charge >= 0.3 is 5.97 Å². The van der Waals surface area contributed by atoms with Crippen molar-refractivity contribution in [1.29, 1.82) is 0 Å². The second-order valence-electron chi connectivity index (χ2n) is 7.00. The lowest BCUT2D eigenvalue weighted by Gasteiger charge is -2.30. The summed E-state index contributed by atoms with van der Waals surface area (Å²) in [6, 6.07) is 13.9. The van der Waals surface area contributed by atoms with Crippen molar-refractivity contribution >= 4 is 23.6 Å². The molecule has 2 aromatic carbocycles. The molecule has 1 aliphatic heterocycles. The minimum atomic E-state index is -1.04. The second kappa shape index (κ2) is 9.65. The Kier molecular flexibility index (Phi) is 6.97. The number of carbonyl (C=O) groups is 2. The molecule has 0 aromatic heterocycles. The molecule has 3 rings (SSSR count). The third kappa shape index (κ3) is 4.93. The summed E-state index contributed by atoms with van der Waals surface area (Å²) in [7, 11) is 0. The molecule has 6 nitrogen and oxygen atoms in total. The molecule has 0 bridgehead atoms. The predicted octanol–water partition coefficient (Wildman–Crippen LogP) is 3.07. The first-order valence-electron chi connectivity index (χ1n) is 9.58. The van der Waals surface area contributed by atoms with Crippen LogP contribution in [-0.4, -0.2) is 35.0 Å². The summed E-state index contributed by atoms with van der Waals surface area (Å²) in [6.07, 6.45) is 9.59. The number of benzene rings is 2. The predicted molar refractivity (Wildman–Crippen MR) is 121 cm³/mol. The van der Waals surface area contributed by atoms with Crippen molar-refractivity contribution in [1.82, 2.24) is 10.6 Å². The quantitative estimate of drug-likeness (QED) is 0.520. The van der Waals surface area contributed by atoms with Crippen LogP contribution in [0.15, 0.2) is 73.0 Å². The van der Waals surface area contributed by atoms with E-state index in [9.17, 15) is 14.7 Å². The highest BCUT2D eigenvalue weighted by Crippen LogP contribution is 2.29. The Bertz CT molecular complexity index is 975. The number of carboxylic acids is 1. The number of hydrogen-bond donors (Lipinski definition) is 4. The fraction of sp³-hybridized carbons (Fsp3) is 0.217. The van der Waals surface area contributed by atoms with E-state index in [4.69, 9.17) is 5.73 Å². The highest BCUT2D eigenvalue weighted by Gasteiger charge is 2.27. The van der Waals surface area contributed by atoms with Gasteiger partial charge < -0.3 is 21.5 Å². The van der Waals surface area contributed by atoms with Crippen molar-refractivity contribution in [2.45, 2.75) is 18.1 Å². The molecule has 1 aliphatic rings. The molecule has 1 amide bonds. The van der Waals surface area contributed by atoms with Gasteiger partial charge in [0.15, 0.2) is 0 Å². The van der Waals surface area contributed by atoms with E-state index in [1.54, 1.807) is 30.1 Å². The van der Waals surface area contributed by atoms with Crippen LogP contribution in [0.2, 0.25) is 0 Å². The highest BCUT2D eigenvalue weighted by atomic mass is 32.2. The third-order valence-corrected chi connectivity index (χ3v) is 5.57. The van der Waals surface area contributed by atoms with Crippen LogP contribution in [-0.2, 0) is 10.5 Å². The number of rotatable bonds is 8. The van der Waals surface area contributed by atoms with Crippen molar-refractivity contribution in [3.63, 3.8) is 0 Å². The number of hydrogen-bond acceptors (Lipinski definition) is 5. The van der Waals surface area contributed by atoms with Gasteiger partial charge in [0.2, 0.25) is 0 Å². The Hall–Kier alpha value is -3.03. The lowest BCUT2D eigenvalue weighted by atomic mass is 9.90. The Morgan fingerprint density at radius 2 is 1.97 bits per heavy atom. The van der Waals surface area contributed by atoms with Crippen molar-refractivity contribution in [3.05, 3.63) is 84.1 Å². The number of carbonyl (C=O) groups excluding carboxylic acids is 1. The van der Waals surface area contributed by atoms with Gasteiger partial charge in [-0.2, -0.15) is 11.8 Å². The van der Waals surface area contributed by atoms with Gasteiger partial charge in [-0.15, -0.1) is 0 Å². The van der Waals surface area contributed by atoms with Gasteiger partial charge in [-0.05, 0) is 65.6 Å². The van der Waals surface area contributed by atoms with Gasteiger partial charge in [0.05, 0.1) is 0 Å². The first-order valence-corrected chi connectivity index (χ1v) is 11.0. The molecule has 30 heavy (non-hydrogen) atoms. The van der Waals surface area contributed by atoms with Crippen molar-refractivity contribution in [2.24, 2.45) is 5.73 Å². The van der Waals surface area contributed by atoms with E-state index in [-0.39, 0.29) is 0 Å². The highest BCUT2D eigenvalue weighted by molar-refractivity contribution is 7.98. The molecule has 156 valence electrons. The van der Waals surface area contributed by atoms with E-state index in [2.05, 4.69) is 10.6 Å². The van der Waals surface area contributed by atoms with Crippen molar-refractivity contribution in [2.75, 3.05) is 12.0 Å².